The van der Waals surface area contributed by atoms with Gasteiger partial charge in [-0.05, 0) is 80.1 Å². The summed E-state index contributed by atoms with van der Waals surface area (Å²) in [6.45, 7) is 15.8. The lowest BCUT2D eigenvalue weighted by Crippen LogP contribution is -2.41. The lowest BCUT2D eigenvalue weighted by Gasteiger charge is -2.33. The maximum absolute atomic E-state index is 12.2. The molecule has 0 radical (unpaired) electrons. The van der Waals surface area contributed by atoms with Crippen molar-refractivity contribution in [3.05, 3.63) is 12.4 Å². The van der Waals surface area contributed by atoms with Crippen LogP contribution in [-0.4, -0.2) is 64.6 Å². The summed E-state index contributed by atoms with van der Waals surface area (Å²) < 4.78 is 23.2. The second kappa shape index (κ2) is 9.55. The molecule has 0 atom stereocenters. The Kier molecular flexibility index (Phi) is 7.39. The zero-order chi connectivity index (χ0) is 23.6. The number of aromatic nitrogens is 2. The van der Waals surface area contributed by atoms with Crippen LogP contribution < -0.4 is 10.2 Å². The lowest BCUT2D eigenvalue weighted by atomic mass is 9.81. The average molecular weight is 447 g/mol. The van der Waals surface area contributed by atoms with Crippen molar-refractivity contribution in [2.45, 2.75) is 91.0 Å². The van der Waals surface area contributed by atoms with Gasteiger partial charge >= 0.3 is 19.2 Å². The number of carbonyl (C=O) groups is 1. The molecule has 1 aromatic heterocycles. The summed E-state index contributed by atoms with van der Waals surface area (Å²) in [4.78, 5) is 22.6. The van der Waals surface area contributed by atoms with E-state index in [2.05, 4.69) is 9.97 Å². The normalized spacial score (nSPS) is 21.0. The Morgan fingerprint density at radius 3 is 2.22 bits per heavy atom. The molecule has 0 unspecified atom stereocenters. The number of ether oxygens (including phenoxy) is 2. The molecule has 0 spiro atoms. The summed E-state index contributed by atoms with van der Waals surface area (Å²) in [6, 6.07) is 0.366. The molecule has 2 aliphatic heterocycles. The van der Waals surface area contributed by atoms with Crippen molar-refractivity contribution in [1.29, 1.82) is 0 Å². The highest BCUT2D eigenvalue weighted by Gasteiger charge is 2.52. The highest BCUT2D eigenvalue weighted by atomic mass is 16.7. The van der Waals surface area contributed by atoms with Crippen molar-refractivity contribution in [3.8, 4) is 6.01 Å². The summed E-state index contributed by atoms with van der Waals surface area (Å²) in [7, 11) is -0.472. The van der Waals surface area contributed by atoms with Gasteiger partial charge in [0, 0.05) is 30.9 Å². The standard InChI is InChI=1S/C23H38BN3O5/c1-21(2,3)30-20(28)27-12-10-17(11-13-27)9-8-14-29-19-25-15-18(16-26-19)24-31-22(4,5)23(6,7)32-24/h15-17H,8-14H2,1-7H3. The molecular formula is C23H38BN3O5. The van der Waals surface area contributed by atoms with E-state index < -0.39 is 23.9 Å². The predicted molar refractivity (Wildman–Crippen MR) is 123 cm³/mol. The van der Waals surface area contributed by atoms with E-state index in [9.17, 15) is 4.79 Å². The molecule has 0 saturated carbocycles. The van der Waals surface area contributed by atoms with Crippen molar-refractivity contribution in [2.24, 2.45) is 5.92 Å². The van der Waals surface area contributed by atoms with Gasteiger partial charge in [-0.15, -0.1) is 0 Å². The molecule has 9 heteroatoms. The van der Waals surface area contributed by atoms with Gasteiger partial charge in [0.1, 0.15) is 5.60 Å². The monoisotopic (exact) mass is 447 g/mol. The van der Waals surface area contributed by atoms with Gasteiger partial charge in [-0.2, -0.15) is 0 Å². The highest BCUT2D eigenvalue weighted by molar-refractivity contribution is 6.61. The third-order valence-corrected chi connectivity index (χ3v) is 6.43. The fourth-order valence-electron chi connectivity index (χ4n) is 3.77. The van der Waals surface area contributed by atoms with E-state index >= 15 is 0 Å². The Hall–Kier alpha value is -1.87. The van der Waals surface area contributed by atoms with Crippen molar-refractivity contribution < 1.29 is 23.6 Å². The Morgan fingerprint density at radius 2 is 1.69 bits per heavy atom. The Balaban J connectivity index is 1.35. The van der Waals surface area contributed by atoms with Crippen LogP contribution in [0.15, 0.2) is 12.4 Å². The quantitative estimate of drug-likeness (QED) is 0.487. The van der Waals surface area contributed by atoms with Gasteiger partial charge in [0.15, 0.2) is 0 Å². The van der Waals surface area contributed by atoms with E-state index in [1.807, 2.05) is 53.4 Å². The number of carbonyl (C=O) groups excluding carboxylic acids is 1. The fourth-order valence-corrected chi connectivity index (χ4v) is 3.77. The van der Waals surface area contributed by atoms with Gasteiger partial charge in [-0.1, -0.05) is 0 Å². The number of hydrogen-bond donors (Lipinski definition) is 0. The molecule has 0 N–H and O–H groups in total. The van der Waals surface area contributed by atoms with Crippen LogP contribution in [0.4, 0.5) is 4.79 Å². The summed E-state index contributed by atoms with van der Waals surface area (Å²) in [6.07, 6.45) is 7.19. The second-order valence-corrected chi connectivity index (χ2v) is 10.8. The second-order valence-electron chi connectivity index (χ2n) is 10.8. The van der Waals surface area contributed by atoms with Crippen LogP contribution >= 0.6 is 0 Å². The number of rotatable bonds is 6. The molecule has 178 valence electrons. The van der Waals surface area contributed by atoms with Crippen LogP contribution in [0.5, 0.6) is 6.01 Å². The SMILES string of the molecule is CC(C)(C)OC(=O)N1CCC(CCCOc2ncc(B3OC(C)(C)C(C)(C)O3)cn2)CC1. The van der Waals surface area contributed by atoms with E-state index in [1.54, 1.807) is 12.4 Å². The zero-order valence-electron chi connectivity index (χ0n) is 20.6. The molecule has 1 aromatic rings. The smallest absolute Gasteiger partial charge is 0.463 e. The Labute approximate surface area is 192 Å². The minimum atomic E-state index is -0.472. The van der Waals surface area contributed by atoms with Crippen molar-refractivity contribution in [1.82, 2.24) is 14.9 Å². The Morgan fingerprint density at radius 1 is 1.12 bits per heavy atom. The Bertz CT molecular complexity index is 755. The van der Waals surface area contributed by atoms with Gasteiger partial charge in [0.2, 0.25) is 0 Å². The first kappa shape index (κ1) is 24.8. The van der Waals surface area contributed by atoms with Crippen LogP contribution in [0.3, 0.4) is 0 Å². The summed E-state index contributed by atoms with van der Waals surface area (Å²) in [5, 5.41) is 0. The van der Waals surface area contributed by atoms with E-state index in [4.69, 9.17) is 18.8 Å². The zero-order valence-corrected chi connectivity index (χ0v) is 20.6. The molecule has 0 aliphatic carbocycles. The molecule has 0 bridgehead atoms. The third kappa shape index (κ3) is 6.35. The summed E-state index contributed by atoms with van der Waals surface area (Å²) in [5.41, 5.74) is -0.450. The number of hydrogen-bond acceptors (Lipinski definition) is 7. The van der Waals surface area contributed by atoms with Crippen LogP contribution in [0, 0.1) is 5.92 Å². The summed E-state index contributed by atoms with van der Waals surface area (Å²) >= 11 is 0. The molecular weight excluding hydrogens is 409 g/mol. The highest BCUT2D eigenvalue weighted by Crippen LogP contribution is 2.36. The van der Waals surface area contributed by atoms with Gasteiger partial charge in [-0.3, -0.25) is 0 Å². The number of piperidine rings is 1. The maximum Gasteiger partial charge on any atom is 0.498 e. The van der Waals surface area contributed by atoms with Crippen molar-refractivity contribution in [3.63, 3.8) is 0 Å². The van der Waals surface area contributed by atoms with Crippen LogP contribution in [0.1, 0.15) is 74.1 Å². The fraction of sp³-hybridized carbons (Fsp3) is 0.783. The lowest BCUT2D eigenvalue weighted by molar-refractivity contribution is 0.00578. The first-order valence-corrected chi connectivity index (χ1v) is 11.6. The number of amides is 1. The van der Waals surface area contributed by atoms with Gasteiger partial charge in [0.25, 0.3) is 0 Å². The molecule has 2 saturated heterocycles. The minimum Gasteiger partial charge on any atom is -0.463 e. The third-order valence-electron chi connectivity index (χ3n) is 6.43. The minimum absolute atomic E-state index is 0.208. The van der Waals surface area contributed by atoms with Crippen molar-refractivity contribution in [2.75, 3.05) is 19.7 Å². The predicted octanol–water partition coefficient (Wildman–Crippen LogP) is 3.58. The molecule has 8 nitrogen and oxygen atoms in total. The van der Waals surface area contributed by atoms with Crippen molar-refractivity contribution >= 4 is 18.7 Å². The average Bonchev–Trinajstić information content (AvgIpc) is 2.92. The van der Waals surface area contributed by atoms with Gasteiger partial charge in [-0.25, -0.2) is 14.8 Å². The van der Waals surface area contributed by atoms with Gasteiger partial charge in [0.05, 0.1) is 17.8 Å². The molecule has 2 aliphatic rings. The van der Waals surface area contributed by atoms with Crippen LogP contribution in [-0.2, 0) is 14.0 Å². The first-order valence-electron chi connectivity index (χ1n) is 11.6. The number of nitrogens with zero attached hydrogens (tertiary/aromatic N) is 3. The topological polar surface area (TPSA) is 83.0 Å². The molecule has 2 fully saturated rings. The molecule has 3 rings (SSSR count). The number of likely N-dealkylation sites (tertiary alicyclic amines) is 1. The first-order chi connectivity index (χ1) is 14.9. The largest absolute Gasteiger partial charge is 0.498 e. The van der Waals surface area contributed by atoms with Crippen LogP contribution in [0.2, 0.25) is 0 Å². The van der Waals surface area contributed by atoms with E-state index in [0.29, 0.717) is 18.5 Å². The molecule has 32 heavy (non-hydrogen) atoms. The molecule has 1 amide bonds. The summed E-state index contributed by atoms with van der Waals surface area (Å²) in [5.74, 6) is 0.601. The maximum atomic E-state index is 12.2. The van der Waals surface area contributed by atoms with Gasteiger partial charge < -0.3 is 23.7 Å². The van der Waals surface area contributed by atoms with E-state index in [-0.39, 0.29) is 6.09 Å². The molecule has 3 heterocycles. The van der Waals surface area contributed by atoms with E-state index in [0.717, 1.165) is 44.2 Å². The van der Waals surface area contributed by atoms with Crippen LogP contribution in [0.25, 0.3) is 0 Å². The van der Waals surface area contributed by atoms with E-state index in [1.165, 1.54) is 0 Å². The molecule has 0 aromatic carbocycles.